The monoisotopic (exact) mass is 388 g/mol. The van der Waals surface area contributed by atoms with Crippen molar-refractivity contribution in [3.63, 3.8) is 0 Å². The largest absolute Gasteiger partial charge is 0.325 e. The van der Waals surface area contributed by atoms with E-state index in [0.29, 0.717) is 0 Å². The van der Waals surface area contributed by atoms with Gasteiger partial charge in [0.1, 0.15) is 11.6 Å². The molecule has 5 nitrogen and oxygen atoms in total. The number of carbonyl (C=O) groups is 1. The highest BCUT2D eigenvalue weighted by molar-refractivity contribution is 7.89. The Morgan fingerprint density at radius 2 is 1.80 bits per heavy atom. The van der Waals surface area contributed by atoms with Gasteiger partial charge in [-0.3, -0.25) is 4.79 Å². The number of anilines is 1. The number of benzene rings is 2. The van der Waals surface area contributed by atoms with Crippen LogP contribution in [0.25, 0.3) is 0 Å². The molecule has 0 aliphatic heterocycles. The fraction of sp³-hybridized carbons (Fsp3) is 0.188. The number of amides is 1. The molecule has 1 amide bonds. The lowest BCUT2D eigenvalue weighted by atomic mass is 10.2. The van der Waals surface area contributed by atoms with Crippen LogP contribution < -0.4 is 10.0 Å². The Kier molecular flexibility index (Phi) is 6.46. The van der Waals surface area contributed by atoms with Crippen LogP contribution in [0.1, 0.15) is 5.56 Å². The van der Waals surface area contributed by atoms with Crippen LogP contribution in [0, 0.1) is 11.6 Å². The molecule has 2 aromatic carbocycles. The third-order valence-corrected chi connectivity index (χ3v) is 4.87. The summed E-state index contributed by atoms with van der Waals surface area (Å²) in [6.07, 6.45) is -0.0167. The van der Waals surface area contributed by atoms with Crippen LogP contribution in [-0.2, 0) is 21.2 Å². The highest BCUT2D eigenvalue weighted by Gasteiger charge is 2.14. The van der Waals surface area contributed by atoms with Gasteiger partial charge >= 0.3 is 0 Å². The van der Waals surface area contributed by atoms with Gasteiger partial charge in [-0.15, -0.1) is 0 Å². The number of nitrogens with one attached hydrogen (secondary N) is 2. The summed E-state index contributed by atoms with van der Waals surface area (Å²) < 4.78 is 52.4. The van der Waals surface area contributed by atoms with Crippen molar-refractivity contribution in [2.24, 2.45) is 0 Å². The van der Waals surface area contributed by atoms with E-state index in [4.69, 9.17) is 11.6 Å². The number of aryl methyl sites for hydroxylation is 1. The standard InChI is InChI=1S/C16H15ClF2N2O3S/c17-13-9-12(5-6-15(13)19)21-16(22)10-20-25(23,24)8-7-11-3-1-2-4-14(11)18/h1-6,9,20H,7-8,10H2,(H,21,22). The van der Waals surface area contributed by atoms with Gasteiger partial charge in [-0.2, -0.15) is 0 Å². The first-order valence-electron chi connectivity index (χ1n) is 7.22. The first kappa shape index (κ1) is 19.3. The lowest BCUT2D eigenvalue weighted by Crippen LogP contribution is -2.34. The van der Waals surface area contributed by atoms with Crippen molar-refractivity contribution in [1.82, 2.24) is 4.72 Å². The van der Waals surface area contributed by atoms with E-state index in [1.807, 2.05) is 0 Å². The van der Waals surface area contributed by atoms with E-state index in [1.54, 1.807) is 6.07 Å². The Morgan fingerprint density at radius 1 is 1.08 bits per heavy atom. The summed E-state index contributed by atoms with van der Waals surface area (Å²) in [7, 11) is -3.76. The molecule has 0 fully saturated rings. The first-order chi connectivity index (χ1) is 11.8. The highest BCUT2D eigenvalue weighted by Crippen LogP contribution is 2.19. The maximum Gasteiger partial charge on any atom is 0.239 e. The van der Waals surface area contributed by atoms with Crippen molar-refractivity contribution in [1.29, 1.82) is 0 Å². The zero-order valence-electron chi connectivity index (χ0n) is 12.9. The molecule has 0 spiro atoms. The Labute approximate surface area is 149 Å². The summed E-state index contributed by atoms with van der Waals surface area (Å²) in [5, 5.41) is 2.22. The van der Waals surface area contributed by atoms with Crippen LogP contribution in [0.2, 0.25) is 5.02 Å². The third kappa shape index (κ3) is 6.08. The van der Waals surface area contributed by atoms with Gasteiger partial charge < -0.3 is 5.32 Å². The Bertz CT molecular complexity index is 875. The highest BCUT2D eigenvalue weighted by atomic mass is 35.5. The van der Waals surface area contributed by atoms with Gasteiger partial charge in [0.05, 0.1) is 17.3 Å². The molecular formula is C16H15ClF2N2O3S. The van der Waals surface area contributed by atoms with Crippen LogP contribution in [0.3, 0.4) is 0 Å². The molecule has 0 aliphatic carbocycles. The number of hydrogen-bond donors (Lipinski definition) is 2. The molecule has 0 heterocycles. The lowest BCUT2D eigenvalue weighted by molar-refractivity contribution is -0.115. The second-order valence-electron chi connectivity index (χ2n) is 5.16. The van der Waals surface area contributed by atoms with E-state index in [1.165, 1.54) is 30.3 Å². The molecule has 0 aliphatic rings. The van der Waals surface area contributed by atoms with E-state index in [0.717, 1.165) is 6.07 Å². The van der Waals surface area contributed by atoms with Crippen molar-refractivity contribution in [3.8, 4) is 0 Å². The topological polar surface area (TPSA) is 75.3 Å². The van der Waals surface area contributed by atoms with Gasteiger partial charge in [0, 0.05) is 5.69 Å². The van der Waals surface area contributed by atoms with Crippen molar-refractivity contribution in [2.75, 3.05) is 17.6 Å². The molecule has 0 radical (unpaired) electrons. The molecule has 0 unspecified atom stereocenters. The quantitative estimate of drug-likeness (QED) is 0.765. The summed E-state index contributed by atoms with van der Waals surface area (Å²) in [6, 6.07) is 9.45. The number of sulfonamides is 1. The fourth-order valence-corrected chi connectivity index (χ4v) is 3.14. The predicted molar refractivity (Wildman–Crippen MR) is 91.9 cm³/mol. The molecular weight excluding hydrogens is 374 g/mol. The average molecular weight is 389 g/mol. The maximum atomic E-state index is 13.5. The molecule has 2 rings (SSSR count). The average Bonchev–Trinajstić information content (AvgIpc) is 2.56. The van der Waals surface area contributed by atoms with Gasteiger partial charge in [0.2, 0.25) is 15.9 Å². The zero-order valence-corrected chi connectivity index (χ0v) is 14.5. The van der Waals surface area contributed by atoms with Crippen LogP contribution in [-0.4, -0.2) is 26.6 Å². The van der Waals surface area contributed by atoms with Crippen molar-refractivity contribution in [3.05, 3.63) is 64.7 Å². The van der Waals surface area contributed by atoms with Crippen molar-refractivity contribution in [2.45, 2.75) is 6.42 Å². The van der Waals surface area contributed by atoms with E-state index < -0.39 is 34.1 Å². The summed E-state index contributed by atoms with van der Waals surface area (Å²) in [4.78, 5) is 11.7. The minimum Gasteiger partial charge on any atom is -0.325 e. The van der Waals surface area contributed by atoms with Gasteiger partial charge in [0.15, 0.2) is 0 Å². The molecule has 9 heteroatoms. The van der Waals surface area contributed by atoms with Gasteiger partial charge in [-0.1, -0.05) is 29.8 Å². The van der Waals surface area contributed by atoms with E-state index >= 15 is 0 Å². The number of hydrogen-bond acceptors (Lipinski definition) is 3. The summed E-state index contributed by atoms with van der Waals surface area (Å²) >= 11 is 5.59. The fourth-order valence-electron chi connectivity index (χ4n) is 1.97. The van der Waals surface area contributed by atoms with E-state index in [9.17, 15) is 22.0 Å². The van der Waals surface area contributed by atoms with Crippen molar-refractivity contribution >= 4 is 33.2 Å². The SMILES string of the molecule is O=C(CNS(=O)(=O)CCc1ccccc1F)Nc1ccc(F)c(Cl)c1. The van der Waals surface area contributed by atoms with Crippen LogP contribution >= 0.6 is 11.6 Å². The number of carbonyl (C=O) groups excluding carboxylic acids is 1. The van der Waals surface area contributed by atoms with Crippen LogP contribution in [0.15, 0.2) is 42.5 Å². The molecule has 0 aromatic heterocycles. The molecule has 0 atom stereocenters. The molecule has 0 bridgehead atoms. The molecule has 2 aromatic rings. The molecule has 2 N–H and O–H groups in total. The third-order valence-electron chi connectivity index (χ3n) is 3.25. The minimum atomic E-state index is -3.76. The van der Waals surface area contributed by atoms with Crippen LogP contribution in [0.5, 0.6) is 0 Å². The van der Waals surface area contributed by atoms with E-state index in [-0.39, 0.29) is 28.4 Å². The minimum absolute atomic E-state index is 0.0167. The molecule has 0 saturated carbocycles. The van der Waals surface area contributed by atoms with Gasteiger partial charge in [-0.25, -0.2) is 21.9 Å². The van der Waals surface area contributed by atoms with Crippen molar-refractivity contribution < 1.29 is 22.0 Å². The Balaban J connectivity index is 1.85. The zero-order chi connectivity index (χ0) is 18.4. The smallest absolute Gasteiger partial charge is 0.239 e. The lowest BCUT2D eigenvalue weighted by Gasteiger charge is -2.09. The molecule has 134 valence electrons. The Hall–Kier alpha value is -2.03. The second kappa shape index (κ2) is 8.37. The number of rotatable bonds is 7. The molecule has 25 heavy (non-hydrogen) atoms. The summed E-state index contributed by atoms with van der Waals surface area (Å²) in [5.74, 6) is -2.11. The van der Waals surface area contributed by atoms with E-state index in [2.05, 4.69) is 10.0 Å². The number of halogens is 3. The summed E-state index contributed by atoms with van der Waals surface area (Å²) in [5.41, 5.74) is 0.514. The Morgan fingerprint density at radius 3 is 2.48 bits per heavy atom. The summed E-state index contributed by atoms with van der Waals surface area (Å²) in [6.45, 7) is -0.505. The van der Waals surface area contributed by atoms with Crippen LogP contribution in [0.4, 0.5) is 14.5 Å². The van der Waals surface area contributed by atoms with Gasteiger partial charge in [0.25, 0.3) is 0 Å². The normalized spacial score (nSPS) is 11.3. The maximum absolute atomic E-state index is 13.5. The first-order valence-corrected chi connectivity index (χ1v) is 9.25. The van der Waals surface area contributed by atoms with Gasteiger partial charge in [-0.05, 0) is 36.2 Å². The predicted octanol–water partition coefficient (Wildman–Crippen LogP) is 2.72. The second-order valence-corrected chi connectivity index (χ2v) is 7.49. The molecule has 0 saturated heterocycles.